The predicted octanol–water partition coefficient (Wildman–Crippen LogP) is 4.86. The minimum absolute atomic E-state index is 0.0515. The number of aryl methyl sites for hydroxylation is 1. The summed E-state index contributed by atoms with van der Waals surface area (Å²) in [6.45, 7) is 5.88. The highest BCUT2D eigenvalue weighted by Gasteiger charge is 2.19. The molecule has 0 radical (unpaired) electrons. The number of hydrogen-bond acceptors (Lipinski definition) is 3. The number of benzene rings is 2. The molecule has 3 aromatic rings. The SMILES string of the molecule is CCc1oc2ccccc2c1CN(C)C(=O)c1cccc(CN2CCCC2)c1. The molecule has 0 bridgehead atoms. The van der Waals surface area contributed by atoms with E-state index in [1.54, 1.807) is 4.90 Å². The Hall–Kier alpha value is -2.59. The molecule has 0 saturated carbocycles. The first-order chi connectivity index (χ1) is 13.7. The summed E-state index contributed by atoms with van der Waals surface area (Å²) in [6, 6.07) is 16.1. The Labute approximate surface area is 166 Å². The van der Waals surface area contributed by atoms with Crippen LogP contribution < -0.4 is 0 Å². The molecule has 1 fully saturated rings. The molecule has 0 N–H and O–H groups in total. The highest BCUT2D eigenvalue weighted by atomic mass is 16.3. The number of para-hydroxylation sites is 1. The minimum Gasteiger partial charge on any atom is -0.461 e. The average Bonchev–Trinajstić information content (AvgIpc) is 3.35. The smallest absolute Gasteiger partial charge is 0.253 e. The lowest BCUT2D eigenvalue weighted by molar-refractivity contribution is 0.0785. The van der Waals surface area contributed by atoms with Gasteiger partial charge in [-0.05, 0) is 49.7 Å². The van der Waals surface area contributed by atoms with Crippen LogP contribution in [-0.2, 0) is 19.5 Å². The van der Waals surface area contributed by atoms with Crippen LogP contribution in [0.1, 0.15) is 47.0 Å². The molecule has 2 heterocycles. The first-order valence-corrected chi connectivity index (χ1v) is 10.2. The summed E-state index contributed by atoms with van der Waals surface area (Å²) in [6.07, 6.45) is 3.37. The van der Waals surface area contributed by atoms with Crippen LogP contribution in [0.15, 0.2) is 52.9 Å². The second kappa shape index (κ2) is 8.19. The molecular formula is C24H28N2O2. The average molecular weight is 377 g/mol. The van der Waals surface area contributed by atoms with Crippen LogP contribution in [0.5, 0.6) is 0 Å². The summed E-state index contributed by atoms with van der Waals surface area (Å²) >= 11 is 0. The third kappa shape index (κ3) is 3.83. The summed E-state index contributed by atoms with van der Waals surface area (Å²) in [7, 11) is 1.87. The molecule has 4 rings (SSSR count). The summed E-state index contributed by atoms with van der Waals surface area (Å²) in [5.41, 5.74) is 3.97. The maximum absolute atomic E-state index is 13.1. The van der Waals surface area contributed by atoms with Crippen LogP contribution in [0, 0.1) is 0 Å². The minimum atomic E-state index is 0.0515. The maximum Gasteiger partial charge on any atom is 0.253 e. The number of rotatable bonds is 6. The van der Waals surface area contributed by atoms with Crippen molar-refractivity contribution in [3.8, 4) is 0 Å². The summed E-state index contributed by atoms with van der Waals surface area (Å²) in [5.74, 6) is 1.01. The maximum atomic E-state index is 13.1. The number of carbonyl (C=O) groups is 1. The monoisotopic (exact) mass is 376 g/mol. The van der Waals surface area contributed by atoms with Crippen LogP contribution in [0.2, 0.25) is 0 Å². The van der Waals surface area contributed by atoms with Crippen molar-refractivity contribution >= 4 is 16.9 Å². The fourth-order valence-electron chi connectivity index (χ4n) is 4.14. The van der Waals surface area contributed by atoms with Crippen LogP contribution in [-0.4, -0.2) is 35.8 Å². The first kappa shape index (κ1) is 18.8. The Bertz CT molecular complexity index is 970. The van der Waals surface area contributed by atoms with Gasteiger partial charge in [-0.2, -0.15) is 0 Å². The molecule has 1 amide bonds. The quantitative estimate of drug-likeness (QED) is 0.616. The van der Waals surface area contributed by atoms with Crippen molar-refractivity contribution in [2.75, 3.05) is 20.1 Å². The fraction of sp³-hybridized carbons (Fsp3) is 0.375. The third-order valence-electron chi connectivity index (χ3n) is 5.62. The van der Waals surface area contributed by atoms with E-state index >= 15 is 0 Å². The van der Waals surface area contributed by atoms with E-state index in [1.807, 2.05) is 43.4 Å². The van der Waals surface area contributed by atoms with Crippen molar-refractivity contribution in [2.45, 2.75) is 39.3 Å². The molecule has 0 unspecified atom stereocenters. The van der Waals surface area contributed by atoms with E-state index in [9.17, 15) is 4.79 Å². The van der Waals surface area contributed by atoms with Gasteiger partial charge in [-0.3, -0.25) is 9.69 Å². The standard InChI is InChI=1S/C24H28N2O2/c1-3-22-21(20-11-4-5-12-23(20)28-22)17-25(2)24(27)19-10-8-9-18(15-19)16-26-13-6-7-14-26/h4-5,8-12,15H,3,6-7,13-14,16-17H2,1-2H3. The van der Waals surface area contributed by atoms with Crippen molar-refractivity contribution in [1.29, 1.82) is 0 Å². The topological polar surface area (TPSA) is 36.7 Å². The lowest BCUT2D eigenvalue weighted by Gasteiger charge is -2.19. The number of hydrogen-bond donors (Lipinski definition) is 0. The van der Waals surface area contributed by atoms with Gasteiger partial charge in [0.25, 0.3) is 5.91 Å². The van der Waals surface area contributed by atoms with E-state index in [2.05, 4.69) is 24.0 Å². The van der Waals surface area contributed by atoms with Gasteiger partial charge in [0, 0.05) is 43.1 Å². The predicted molar refractivity (Wildman–Crippen MR) is 112 cm³/mol. The van der Waals surface area contributed by atoms with Crippen molar-refractivity contribution in [3.05, 3.63) is 71.0 Å². The van der Waals surface area contributed by atoms with Crippen molar-refractivity contribution in [1.82, 2.24) is 9.80 Å². The lowest BCUT2D eigenvalue weighted by atomic mass is 10.1. The van der Waals surface area contributed by atoms with Gasteiger partial charge >= 0.3 is 0 Å². The normalized spacial score (nSPS) is 14.6. The summed E-state index contributed by atoms with van der Waals surface area (Å²) in [5, 5.41) is 1.10. The zero-order valence-electron chi connectivity index (χ0n) is 16.8. The van der Waals surface area contributed by atoms with Crippen molar-refractivity contribution < 1.29 is 9.21 Å². The van der Waals surface area contributed by atoms with Crippen LogP contribution in [0.4, 0.5) is 0 Å². The molecular weight excluding hydrogens is 348 g/mol. The van der Waals surface area contributed by atoms with Crippen LogP contribution in [0.25, 0.3) is 11.0 Å². The van der Waals surface area contributed by atoms with Gasteiger partial charge in [-0.25, -0.2) is 0 Å². The number of likely N-dealkylation sites (tertiary alicyclic amines) is 1. The Kier molecular flexibility index (Phi) is 5.49. The Balaban J connectivity index is 1.52. The van der Waals surface area contributed by atoms with E-state index in [4.69, 9.17) is 4.42 Å². The van der Waals surface area contributed by atoms with Crippen LogP contribution in [0.3, 0.4) is 0 Å². The number of fused-ring (bicyclic) bond motifs is 1. The van der Waals surface area contributed by atoms with E-state index < -0.39 is 0 Å². The number of furan rings is 1. The van der Waals surface area contributed by atoms with Gasteiger partial charge in [-0.1, -0.05) is 37.3 Å². The largest absolute Gasteiger partial charge is 0.461 e. The molecule has 1 aliphatic heterocycles. The molecule has 28 heavy (non-hydrogen) atoms. The molecule has 4 heteroatoms. The fourth-order valence-corrected chi connectivity index (χ4v) is 4.14. The first-order valence-electron chi connectivity index (χ1n) is 10.2. The molecule has 0 atom stereocenters. The van der Waals surface area contributed by atoms with E-state index in [-0.39, 0.29) is 5.91 Å². The van der Waals surface area contributed by atoms with E-state index in [1.165, 1.54) is 18.4 Å². The zero-order valence-corrected chi connectivity index (χ0v) is 16.8. The van der Waals surface area contributed by atoms with Crippen LogP contribution >= 0.6 is 0 Å². The summed E-state index contributed by atoms with van der Waals surface area (Å²) in [4.78, 5) is 17.3. The number of nitrogens with zero attached hydrogens (tertiary/aromatic N) is 2. The lowest BCUT2D eigenvalue weighted by Crippen LogP contribution is -2.27. The number of carbonyl (C=O) groups excluding carboxylic acids is 1. The Morgan fingerprint density at radius 1 is 1.11 bits per heavy atom. The third-order valence-corrected chi connectivity index (χ3v) is 5.62. The van der Waals surface area contributed by atoms with Gasteiger partial charge in [0.15, 0.2) is 0 Å². The molecule has 1 aromatic heterocycles. The highest BCUT2D eigenvalue weighted by molar-refractivity contribution is 5.94. The zero-order chi connectivity index (χ0) is 19.5. The van der Waals surface area contributed by atoms with Gasteiger partial charge in [0.2, 0.25) is 0 Å². The van der Waals surface area contributed by atoms with Gasteiger partial charge in [0.05, 0.1) is 0 Å². The van der Waals surface area contributed by atoms with Gasteiger partial charge in [0.1, 0.15) is 11.3 Å². The van der Waals surface area contributed by atoms with E-state index in [0.29, 0.717) is 6.54 Å². The molecule has 2 aromatic carbocycles. The molecule has 0 aliphatic carbocycles. The Morgan fingerprint density at radius 3 is 2.68 bits per heavy atom. The Morgan fingerprint density at radius 2 is 1.89 bits per heavy atom. The molecule has 4 nitrogen and oxygen atoms in total. The molecule has 0 spiro atoms. The molecule has 146 valence electrons. The van der Waals surface area contributed by atoms with Crippen molar-refractivity contribution in [2.24, 2.45) is 0 Å². The summed E-state index contributed by atoms with van der Waals surface area (Å²) < 4.78 is 5.98. The highest BCUT2D eigenvalue weighted by Crippen LogP contribution is 2.27. The van der Waals surface area contributed by atoms with E-state index in [0.717, 1.165) is 53.9 Å². The second-order valence-electron chi connectivity index (χ2n) is 7.70. The van der Waals surface area contributed by atoms with Crippen molar-refractivity contribution in [3.63, 3.8) is 0 Å². The molecule has 1 aliphatic rings. The second-order valence-corrected chi connectivity index (χ2v) is 7.70. The van der Waals surface area contributed by atoms with Gasteiger partial charge < -0.3 is 9.32 Å². The molecule has 1 saturated heterocycles. The van der Waals surface area contributed by atoms with Gasteiger partial charge in [-0.15, -0.1) is 0 Å². The number of amides is 1.